The van der Waals surface area contributed by atoms with Crippen molar-refractivity contribution in [2.75, 3.05) is 6.54 Å². The molecule has 2 aromatic rings. The lowest BCUT2D eigenvalue weighted by atomic mass is 10.2. The normalized spacial score (nSPS) is 12.0. The van der Waals surface area contributed by atoms with E-state index < -0.39 is 0 Å². The maximum Gasteiger partial charge on any atom is 0.209 e. The van der Waals surface area contributed by atoms with Crippen LogP contribution in [0.5, 0.6) is 0 Å². The Balaban J connectivity index is 1.96. The summed E-state index contributed by atoms with van der Waals surface area (Å²) in [5.74, 6) is 0.335. The van der Waals surface area contributed by atoms with E-state index in [0.717, 1.165) is 30.8 Å². The van der Waals surface area contributed by atoms with Gasteiger partial charge in [0.1, 0.15) is 0 Å². The molecule has 1 heterocycles. The summed E-state index contributed by atoms with van der Waals surface area (Å²) in [4.78, 5) is 4.22. The predicted octanol–water partition coefficient (Wildman–Crippen LogP) is 3.56. The molecule has 1 aromatic heterocycles. The molecule has 0 unspecified atom stereocenters. The summed E-state index contributed by atoms with van der Waals surface area (Å²) in [5, 5.41) is 4.85. The van der Waals surface area contributed by atoms with Crippen molar-refractivity contribution in [1.29, 1.82) is 0 Å². The average molecular weight is 332 g/mol. The maximum atomic E-state index is 5.92. The van der Waals surface area contributed by atoms with Gasteiger partial charge >= 0.3 is 0 Å². The van der Waals surface area contributed by atoms with Crippen molar-refractivity contribution in [2.24, 2.45) is 15.8 Å². The molecular weight excluding hydrogens is 310 g/mol. The van der Waals surface area contributed by atoms with Crippen LogP contribution < -0.4 is 11.2 Å². The van der Waals surface area contributed by atoms with Gasteiger partial charge < -0.3 is 10.3 Å². The van der Waals surface area contributed by atoms with E-state index in [1.807, 2.05) is 47.2 Å². The van der Waals surface area contributed by atoms with Crippen LogP contribution in [0.3, 0.4) is 0 Å². The largest absolute Gasteiger partial charge is 0.369 e. The molecule has 2 rings (SSSR count). The van der Waals surface area contributed by atoms with Crippen LogP contribution in [-0.4, -0.2) is 23.3 Å². The highest BCUT2D eigenvalue weighted by Crippen LogP contribution is 2.15. The Kier molecular flexibility index (Phi) is 6.69. The fraction of sp³-hybridized carbons (Fsp3) is 0.294. The Hall–Kier alpha value is -2.27. The molecule has 5 nitrogen and oxygen atoms in total. The first-order chi connectivity index (χ1) is 11.2. The standard InChI is InChI=1S/C17H22ClN5/c1-2-3-4-11-20-17(19)22-21-13-16-6-5-12-23(16)15-9-7-14(18)8-10-15/h5-10,12-13H,2-4,11H2,1H3,(H3,19,20,22)/b21-13+. The van der Waals surface area contributed by atoms with E-state index in [4.69, 9.17) is 17.3 Å². The van der Waals surface area contributed by atoms with Gasteiger partial charge in [-0.15, -0.1) is 0 Å². The third-order valence-electron chi connectivity index (χ3n) is 3.30. The molecular formula is C17H22ClN5. The quantitative estimate of drug-likeness (QED) is 0.352. The number of hydrogen-bond acceptors (Lipinski definition) is 2. The number of hydrazone groups is 1. The van der Waals surface area contributed by atoms with Crippen molar-refractivity contribution in [3.05, 3.63) is 53.3 Å². The molecule has 0 spiro atoms. The predicted molar refractivity (Wildman–Crippen MR) is 97.5 cm³/mol. The number of nitrogens with zero attached hydrogens (tertiary/aromatic N) is 3. The summed E-state index contributed by atoms with van der Waals surface area (Å²) in [6.07, 6.45) is 7.05. The van der Waals surface area contributed by atoms with Crippen molar-refractivity contribution in [2.45, 2.75) is 26.2 Å². The zero-order valence-electron chi connectivity index (χ0n) is 13.2. The van der Waals surface area contributed by atoms with Gasteiger partial charge in [0.05, 0.1) is 11.9 Å². The number of aliphatic imine (C=N–C) groups is 1. The van der Waals surface area contributed by atoms with Crippen LogP contribution in [0.4, 0.5) is 0 Å². The van der Waals surface area contributed by atoms with Crippen LogP contribution in [0.1, 0.15) is 31.9 Å². The third-order valence-corrected chi connectivity index (χ3v) is 3.56. The van der Waals surface area contributed by atoms with Gasteiger partial charge in [-0.25, -0.2) is 5.43 Å². The number of aromatic nitrogens is 1. The molecule has 23 heavy (non-hydrogen) atoms. The van der Waals surface area contributed by atoms with Gasteiger partial charge in [0, 0.05) is 23.5 Å². The van der Waals surface area contributed by atoms with E-state index in [0.29, 0.717) is 11.0 Å². The van der Waals surface area contributed by atoms with E-state index in [1.165, 1.54) is 6.42 Å². The second kappa shape index (κ2) is 9.00. The molecule has 0 bridgehead atoms. The van der Waals surface area contributed by atoms with Gasteiger partial charge in [-0.2, -0.15) is 5.10 Å². The zero-order valence-corrected chi connectivity index (χ0v) is 14.0. The average Bonchev–Trinajstić information content (AvgIpc) is 3.01. The Labute approximate surface area is 141 Å². The monoisotopic (exact) mass is 331 g/mol. The van der Waals surface area contributed by atoms with Gasteiger partial charge in [0.2, 0.25) is 5.96 Å². The van der Waals surface area contributed by atoms with Crippen molar-refractivity contribution < 1.29 is 0 Å². The highest BCUT2D eigenvalue weighted by Gasteiger charge is 2.01. The first kappa shape index (κ1) is 17.1. The smallest absolute Gasteiger partial charge is 0.209 e. The summed E-state index contributed by atoms with van der Waals surface area (Å²) in [6, 6.07) is 11.5. The van der Waals surface area contributed by atoms with E-state index in [-0.39, 0.29) is 0 Å². The van der Waals surface area contributed by atoms with Crippen LogP contribution in [0, 0.1) is 0 Å². The second-order valence-electron chi connectivity index (χ2n) is 5.12. The molecule has 0 aliphatic rings. The number of unbranched alkanes of at least 4 members (excludes halogenated alkanes) is 2. The summed E-state index contributed by atoms with van der Waals surface area (Å²) >= 11 is 5.92. The Morgan fingerprint density at radius 3 is 2.78 bits per heavy atom. The SMILES string of the molecule is CCCCCN=C(N)N/N=C/c1cccn1-c1ccc(Cl)cc1. The zero-order chi connectivity index (χ0) is 16.5. The number of benzene rings is 1. The molecule has 0 saturated heterocycles. The maximum absolute atomic E-state index is 5.92. The van der Waals surface area contributed by atoms with Gasteiger partial charge in [0.15, 0.2) is 0 Å². The van der Waals surface area contributed by atoms with E-state index in [1.54, 1.807) is 6.21 Å². The number of rotatable bonds is 7. The third kappa shape index (κ3) is 5.45. The van der Waals surface area contributed by atoms with Crippen LogP contribution in [-0.2, 0) is 0 Å². The molecule has 0 amide bonds. The number of nitrogens with two attached hydrogens (primary N) is 1. The molecule has 0 aliphatic carbocycles. The fourth-order valence-electron chi connectivity index (χ4n) is 2.10. The lowest BCUT2D eigenvalue weighted by Crippen LogP contribution is -2.27. The Bertz CT molecular complexity index is 658. The van der Waals surface area contributed by atoms with Crippen LogP contribution in [0.2, 0.25) is 5.02 Å². The Morgan fingerprint density at radius 2 is 2.04 bits per heavy atom. The first-order valence-corrected chi connectivity index (χ1v) is 8.11. The topological polar surface area (TPSA) is 67.7 Å². The molecule has 122 valence electrons. The summed E-state index contributed by atoms with van der Waals surface area (Å²) in [7, 11) is 0. The molecule has 3 N–H and O–H groups in total. The number of hydrogen-bond donors (Lipinski definition) is 2. The summed E-state index contributed by atoms with van der Waals surface area (Å²) in [6.45, 7) is 2.88. The van der Waals surface area contributed by atoms with Gasteiger partial charge in [-0.1, -0.05) is 31.4 Å². The second-order valence-corrected chi connectivity index (χ2v) is 5.56. The lowest BCUT2D eigenvalue weighted by Gasteiger charge is -2.06. The summed E-state index contributed by atoms with van der Waals surface area (Å²) in [5.41, 5.74) is 10.5. The van der Waals surface area contributed by atoms with Gasteiger partial charge in [-0.3, -0.25) is 4.99 Å². The molecule has 1 aromatic carbocycles. The van der Waals surface area contributed by atoms with Crippen molar-refractivity contribution >= 4 is 23.8 Å². The van der Waals surface area contributed by atoms with E-state index in [2.05, 4.69) is 22.4 Å². The van der Waals surface area contributed by atoms with Crippen LogP contribution in [0.15, 0.2) is 52.7 Å². The fourth-order valence-corrected chi connectivity index (χ4v) is 2.22. The molecule has 0 aliphatic heterocycles. The molecule has 0 atom stereocenters. The first-order valence-electron chi connectivity index (χ1n) is 7.73. The minimum absolute atomic E-state index is 0.335. The van der Waals surface area contributed by atoms with Crippen LogP contribution in [0.25, 0.3) is 5.69 Å². The minimum Gasteiger partial charge on any atom is -0.369 e. The molecule has 0 radical (unpaired) electrons. The van der Waals surface area contributed by atoms with E-state index >= 15 is 0 Å². The van der Waals surface area contributed by atoms with Crippen molar-refractivity contribution in [3.8, 4) is 5.69 Å². The van der Waals surface area contributed by atoms with Crippen molar-refractivity contribution in [1.82, 2.24) is 9.99 Å². The summed E-state index contributed by atoms with van der Waals surface area (Å²) < 4.78 is 2.01. The van der Waals surface area contributed by atoms with Crippen LogP contribution >= 0.6 is 11.6 Å². The molecule has 0 fully saturated rings. The molecule has 0 saturated carbocycles. The minimum atomic E-state index is 0.335. The highest BCUT2D eigenvalue weighted by molar-refractivity contribution is 6.30. The Morgan fingerprint density at radius 1 is 1.26 bits per heavy atom. The van der Waals surface area contributed by atoms with E-state index in [9.17, 15) is 0 Å². The highest BCUT2D eigenvalue weighted by atomic mass is 35.5. The molecule has 6 heteroatoms. The number of guanidine groups is 1. The van der Waals surface area contributed by atoms with Gasteiger partial charge in [0.25, 0.3) is 0 Å². The lowest BCUT2D eigenvalue weighted by molar-refractivity contribution is 0.725. The number of halogens is 1. The van der Waals surface area contributed by atoms with Gasteiger partial charge in [-0.05, 0) is 42.8 Å². The van der Waals surface area contributed by atoms with Crippen molar-refractivity contribution in [3.63, 3.8) is 0 Å². The number of nitrogens with one attached hydrogen (secondary N) is 1.